The van der Waals surface area contributed by atoms with Crippen molar-refractivity contribution in [2.45, 2.75) is 0 Å². The number of hydrogen-bond donors (Lipinski definition) is 2. The van der Waals surface area contributed by atoms with Gasteiger partial charge in [-0.2, -0.15) is 0 Å². The summed E-state index contributed by atoms with van der Waals surface area (Å²) >= 11 is 0. The van der Waals surface area contributed by atoms with Gasteiger partial charge >= 0.3 is 0 Å². The topological polar surface area (TPSA) is 87.7 Å². The number of aromatic amines is 1. The molecule has 0 saturated heterocycles. The third-order valence-electron chi connectivity index (χ3n) is 3.22. The lowest BCUT2D eigenvalue weighted by atomic mass is 10.1. The third kappa shape index (κ3) is 3.43. The van der Waals surface area contributed by atoms with Crippen LogP contribution < -0.4 is 5.32 Å². The fourth-order valence-corrected chi connectivity index (χ4v) is 2.61. The first kappa shape index (κ1) is 14.5. The van der Waals surface area contributed by atoms with E-state index in [4.69, 9.17) is 0 Å². The van der Waals surface area contributed by atoms with Crippen molar-refractivity contribution < 1.29 is 8.42 Å². The largest absolute Gasteiger partial charge is 0.384 e. The minimum absolute atomic E-state index is 0.104. The molecule has 0 fully saturated rings. The molecule has 6 nitrogen and oxygen atoms in total. The highest BCUT2D eigenvalue weighted by molar-refractivity contribution is 7.90. The van der Waals surface area contributed by atoms with Crippen LogP contribution in [0.2, 0.25) is 0 Å². The first-order valence-electron chi connectivity index (χ1n) is 6.83. The molecule has 3 aromatic rings. The maximum Gasteiger partial charge on any atom is 0.156 e. The van der Waals surface area contributed by atoms with Crippen molar-refractivity contribution in [2.75, 3.05) is 23.9 Å². The predicted octanol–water partition coefficient (Wildman–Crippen LogP) is 2.08. The standard InChI is InChI=1S/C15H16N4O2S/c1-22(20,21)8-7-16-12-4-2-3-11(9-12)14-10-18-15-13(19-14)5-6-17-15/h2-6,9-10,16H,7-8H2,1H3,(H,17,18). The smallest absolute Gasteiger partial charge is 0.156 e. The molecular formula is C15H16N4O2S. The van der Waals surface area contributed by atoms with Crippen LogP contribution in [0.1, 0.15) is 0 Å². The summed E-state index contributed by atoms with van der Waals surface area (Å²) in [5.74, 6) is 0.104. The number of fused-ring (bicyclic) bond motifs is 1. The monoisotopic (exact) mass is 316 g/mol. The minimum Gasteiger partial charge on any atom is -0.384 e. The van der Waals surface area contributed by atoms with Crippen molar-refractivity contribution in [3.05, 3.63) is 42.7 Å². The maximum atomic E-state index is 11.1. The Morgan fingerprint density at radius 3 is 2.95 bits per heavy atom. The lowest BCUT2D eigenvalue weighted by Crippen LogP contribution is -2.14. The van der Waals surface area contributed by atoms with E-state index in [2.05, 4.69) is 20.3 Å². The highest BCUT2D eigenvalue weighted by atomic mass is 32.2. The molecule has 0 aliphatic rings. The van der Waals surface area contributed by atoms with Crippen LogP contribution in [-0.2, 0) is 9.84 Å². The fourth-order valence-electron chi connectivity index (χ4n) is 2.14. The van der Waals surface area contributed by atoms with Gasteiger partial charge in [0, 0.05) is 30.2 Å². The number of nitrogens with one attached hydrogen (secondary N) is 2. The van der Waals surface area contributed by atoms with Crippen LogP contribution in [0.15, 0.2) is 42.7 Å². The number of anilines is 1. The molecule has 22 heavy (non-hydrogen) atoms. The zero-order chi connectivity index (χ0) is 15.6. The highest BCUT2D eigenvalue weighted by Crippen LogP contribution is 2.21. The molecule has 0 atom stereocenters. The average molecular weight is 316 g/mol. The van der Waals surface area contributed by atoms with Gasteiger partial charge in [0.2, 0.25) is 0 Å². The van der Waals surface area contributed by atoms with E-state index in [-0.39, 0.29) is 5.75 Å². The zero-order valence-electron chi connectivity index (χ0n) is 12.1. The number of hydrogen-bond acceptors (Lipinski definition) is 5. The molecule has 1 aromatic carbocycles. The van der Waals surface area contributed by atoms with Crippen LogP contribution in [0.4, 0.5) is 5.69 Å². The van der Waals surface area contributed by atoms with Crippen LogP contribution in [0.3, 0.4) is 0 Å². The Morgan fingerprint density at radius 2 is 2.14 bits per heavy atom. The van der Waals surface area contributed by atoms with E-state index in [0.29, 0.717) is 6.54 Å². The van der Waals surface area contributed by atoms with E-state index in [9.17, 15) is 8.42 Å². The predicted molar refractivity (Wildman–Crippen MR) is 87.5 cm³/mol. The van der Waals surface area contributed by atoms with E-state index in [1.807, 2.05) is 30.3 Å². The molecule has 3 rings (SSSR count). The second kappa shape index (κ2) is 5.76. The van der Waals surface area contributed by atoms with Gasteiger partial charge in [0.1, 0.15) is 15.4 Å². The van der Waals surface area contributed by atoms with Gasteiger partial charge in [-0.25, -0.2) is 18.4 Å². The molecular weight excluding hydrogens is 300 g/mol. The zero-order valence-corrected chi connectivity index (χ0v) is 12.9. The van der Waals surface area contributed by atoms with Crippen LogP contribution in [0.25, 0.3) is 22.4 Å². The third-order valence-corrected chi connectivity index (χ3v) is 4.17. The van der Waals surface area contributed by atoms with Gasteiger partial charge in [0.25, 0.3) is 0 Å². The van der Waals surface area contributed by atoms with Crippen LogP contribution in [0.5, 0.6) is 0 Å². The quantitative estimate of drug-likeness (QED) is 0.752. The van der Waals surface area contributed by atoms with Crippen LogP contribution in [-0.4, -0.2) is 41.9 Å². The molecule has 0 unspecified atom stereocenters. The molecule has 0 aliphatic carbocycles. The number of sulfone groups is 1. The Bertz CT molecular complexity index is 903. The van der Waals surface area contributed by atoms with Gasteiger partial charge in [-0.05, 0) is 18.2 Å². The number of H-pyrrole nitrogens is 1. The molecule has 0 spiro atoms. The Hall–Kier alpha value is -2.41. The second-order valence-electron chi connectivity index (χ2n) is 5.10. The van der Waals surface area contributed by atoms with Crippen molar-refractivity contribution >= 4 is 26.7 Å². The van der Waals surface area contributed by atoms with Crippen molar-refractivity contribution in [3.63, 3.8) is 0 Å². The number of nitrogens with zero attached hydrogens (tertiary/aromatic N) is 2. The SMILES string of the molecule is CS(=O)(=O)CCNc1cccc(-c2cnc3[nH]ccc3n2)c1. The molecule has 0 amide bonds. The van der Waals surface area contributed by atoms with Crippen molar-refractivity contribution in [2.24, 2.45) is 0 Å². The molecule has 0 aliphatic heterocycles. The normalized spacial score (nSPS) is 11.7. The van der Waals surface area contributed by atoms with Crippen LogP contribution in [0, 0.1) is 0 Å². The van der Waals surface area contributed by atoms with Gasteiger partial charge in [0.15, 0.2) is 5.65 Å². The molecule has 2 aromatic heterocycles. The van der Waals surface area contributed by atoms with E-state index < -0.39 is 9.84 Å². The first-order valence-corrected chi connectivity index (χ1v) is 8.89. The van der Waals surface area contributed by atoms with E-state index >= 15 is 0 Å². The molecule has 114 valence electrons. The summed E-state index contributed by atoms with van der Waals surface area (Å²) in [5, 5.41) is 3.11. The summed E-state index contributed by atoms with van der Waals surface area (Å²) < 4.78 is 22.3. The van der Waals surface area contributed by atoms with E-state index in [0.717, 1.165) is 28.1 Å². The molecule has 2 N–H and O–H groups in total. The summed E-state index contributed by atoms with van der Waals surface area (Å²) in [7, 11) is -2.96. The lowest BCUT2D eigenvalue weighted by Gasteiger charge is -2.07. The Labute approximate surface area is 128 Å². The first-order chi connectivity index (χ1) is 10.5. The minimum atomic E-state index is -2.96. The number of rotatable bonds is 5. The number of benzene rings is 1. The summed E-state index contributed by atoms with van der Waals surface area (Å²) in [4.78, 5) is 11.9. The molecule has 0 radical (unpaired) electrons. The summed E-state index contributed by atoms with van der Waals surface area (Å²) in [6.07, 6.45) is 4.75. The molecule has 7 heteroatoms. The van der Waals surface area contributed by atoms with E-state index in [1.54, 1.807) is 12.4 Å². The second-order valence-corrected chi connectivity index (χ2v) is 7.36. The van der Waals surface area contributed by atoms with Crippen molar-refractivity contribution in [3.8, 4) is 11.3 Å². The van der Waals surface area contributed by atoms with Crippen molar-refractivity contribution in [1.82, 2.24) is 15.0 Å². The van der Waals surface area contributed by atoms with Gasteiger partial charge in [-0.1, -0.05) is 12.1 Å². The summed E-state index contributed by atoms with van der Waals surface area (Å²) in [5.41, 5.74) is 4.13. The summed E-state index contributed by atoms with van der Waals surface area (Å²) in [6.45, 7) is 0.380. The fraction of sp³-hybridized carbons (Fsp3) is 0.200. The Morgan fingerprint density at radius 1 is 1.27 bits per heavy atom. The van der Waals surface area contributed by atoms with Crippen molar-refractivity contribution in [1.29, 1.82) is 0 Å². The van der Waals surface area contributed by atoms with Gasteiger partial charge < -0.3 is 10.3 Å². The average Bonchev–Trinajstić information content (AvgIpc) is 2.93. The highest BCUT2D eigenvalue weighted by Gasteiger charge is 2.05. The molecule has 0 bridgehead atoms. The van der Waals surface area contributed by atoms with Crippen LogP contribution >= 0.6 is 0 Å². The molecule has 0 saturated carbocycles. The number of aromatic nitrogens is 3. The van der Waals surface area contributed by atoms with Gasteiger partial charge in [-0.15, -0.1) is 0 Å². The Balaban J connectivity index is 1.81. The van der Waals surface area contributed by atoms with Gasteiger partial charge in [-0.3, -0.25) is 0 Å². The van der Waals surface area contributed by atoms with Gasteiger partial charge in [0.05, 0.1) is 17.6 Å². The Kier molecular flexibility index (Phi) is 3.81. The van der Waals surface area contributed by atoms with E-state index in [1.165, 1.54) is 6.26 Å². The molecule has 2 heterocycles. The summed E-state index contributed by atoms with van der Waals surface area (Å²) in [6, 6.07) is 9.56. The maximum absolute atomic E-state index is 11.1. The lowest BCUT2D eigenvalue weighted by molar-refractivity contribution is 0.602.